The van der Waals surface area contributed by atoms with E-state index in [0.717, 1.165) is 10.6 Å². The first-order valence-electron chi connectivity index (χ1n) is 12.2. The zero-order valence-electron chi connectivity index (χ0n) is 21.0. The van der Waals surface area contributed by atoms with Gasteiger partial charge in [0, 0.05) is 16.9 Å². The van der Waals surface area contributed by atoms with Gasteiger partial charge < -0.3 is 21.9 Å². The SMILES string of the molecule is NCCCC[C@@H](C(=O)NCC(=O)O)N(C(=O)c1ccc(-c2nnn(-c3ccccc3)n2)cc1)C(=O)[C@@H](N)CS. The van der Waals surface area contributed by atoms with Crippen LogP contribution in [0.5, 0.6) is 0 Å². The maximum atomic E-state index is 13.6. The highest BCUT2D eigenvalue weighted by atomic mass is 32.1. The average molecular weight is 555 g/mol. The number of unbranched alkanes of at least 4 members (excludes halogenated alkanes) is 1. The summed E-state index contributed by atoms with van der Waals surface area (Å²) in [6.07, 6.45) is 1.02. The molecule has 6 N–H and O–H groups in total. The molecule has 14 heteroatoms. The smallest absolute Gasteiger partial charge is 0.322 e. The third kappa shape index (κ3) is 7.69. The van der Waals surface area contributed by atoms with E-state index < -0.39 is 42.3 Å². The number of benzene rings is 2. The molecule has 0 spiro atoms. The minimum Gasteiger partial charge on any atom is -0.480 e. The normalized spacial score (nSPS) is 12.4. The van der Waals surface area contributed by atoms with Crippen LogP contribution in [0.4, 0.5) is 0 Å². The summed E-state index contributed by atoms with van der Waals surface area (Å²) in [4.78, 5) is 52.9. The Balaban J connectivity index is 1.90. The van der Waals surface area contributed by atoms with Gasteiger partial charge in [0.15, 0.2) is 0 Å². The maximum absolute atomic E-state index is 13.6. The van der Waals surface area contributed by atoms with E-state index >= 15 is 0 Å². The van der Waals surface area contributed by atoms with E-state index in [-0.39, 0.29) is 17.7 Å². The molecule has 0 bridgehead atoms. The molecule has 206 valence electrons. The molecule has 0 aliphatic carbocycles. The topological polar surface area (TPSA) is 199 Å². The molecule has 0 fully saturated rings. The van der Waals surface area contributed by atoms with Crippen molar-refractivity contribution in [1.82, 2.24) is 30.4 Å². The van der Waals surface area contributed by atoms with Crippen molar-refractivity contribution >= 4 is 36.3 Å². The molecule has 3 rings (SSSR count). The van der Waals surface area contributed by atoms with Crippen LogP contribution in [0.3, 0.4) is 0 Å². The quantitative estimate of drug-likeness (QED) is 0.144. The van der Waals surface area contributed by atoms with Gasteiger partial charge in [-0.2, -0.15) is 12.6 Å². The van der Waals surface area contributed by atoms with Crippen LogP contribution in [-0.4, -0.2) is 84.8 Å². The summed E-state index contributed by atoms with van der Waals surface area (Å²) in [6.45, 7) is -0.335. The largest absolute Gasteiger partial charge is 0.480 e. The van der Waals surface area contributed by atoms with Gasteiger partial charge in [-0.25, -0.2) is 0 Å². The Morgan fingerprint density at radius 1 is 1.05 bits per heavy atom. The van der Waals surface area contributed by atoms with Gasteiger partial charge in [0.25, 0.3) is 5.91 Å². The summed E-state index contributed by atoms with van der Waals surface area (Å²) in [7, 11) is 0. The molecule has 0 radical (unpaired) electrons. The summed E-state index contributed by atoms with van der Waals surface area (Å²) in [5.41, 5.74) is 12.9. The standard InChI is InChI=1S/C25H30N8O5S/c26-13-5-4-8-20(23(36)28-14-21(34)35)32(25(38)19(27)15-39)24(37)17-11-9-16(10-12-17)22-29-31-33(30-22)18-6-2-1-3-7-18/h1-3,6-7,9-12,19-20,39H,4-5,8,13-15,26-27H2,(H,28,36)(H,34,35)/t19-,20-/m0/s1. The molecular formula is C25H30N8O5S. The van der Waals surface area contributed by atoms with Gasteiger partial charge in [-0.05, 0) is 55.3 Å². The maximum Gasteiger partial charge on any atom is 0.322 e. The molecule has 2 aromatic carbocycles. The minimum absolute atomic E-state index is 0.0729. The van der Waals surface area contributed by atoms with Crippen LogP contribution in [0.1, 0.15) is 29.6 Å². The number of aliphatic carboxylic acids is 1. The molecule has 0 aliphatic rings. The summed E-state index contributed by atoms with van der Waals surface area (Å²) < 4.78 is 0. The Bertz CT molecular complexity index is 1290. The molecule has 2 atom stereocenters. The lowest BCUT2D eigenvalue weighted by atomic mass is 10.0. The second-order valence-electron chi connectivity index (χ2n) is 8.53. The van der Waals surface area contributed by atoms with Gasteiger partial charge in [-0.15, -0.1) is 15.0 Å². The molecule has 3 amide bonds. The number of carbonyl (C=O) groups is 4. The van der Waals surface area contributed by atoms with Crippen molar-refractivity contribution in [1.29, 1.82) is 0 Å². The minimum atomic E-state index is -1.30. The van der Waals surface area contributed by atoms with Crippen LogP contribution in [-0.2, 0) is 14.4 Å². The zero-order valence-corrected chi connectivity index (χ0v) is 21.9. The fourth-order valence-corrected chi connectivity index (χ4v) is 3.85. The number of carboxylic acid groups (broad SMARTS) is 1. The van der Waals surface area contributed by atoms with Crippen LogP contribution in [0.25, 0.3) is 17.1 Å². The van der Waals surface area contributed by atoms with E-state index in [1.54, 1.807) is 12.1 Å². The van der Waals surface area contributed by atoms with Gasteiger partial charge in [0.1, 0.15) is 12.6 Å². The Hall–Kier alpha value is -4.14. The van der Waals surface area contributed by atoms with Crippen molar-refractivity contribution in [3.8, 4) is 17.1 Å². The van der Waals surface area contributed by atoms with Crippen LogP contribution in [0.2, 0.25) is 0 Å². The summed E-state index contributed by atoms with van der Waals surface area (Å²) >= 11 is 4.06. The second kappa shape index (κ2) is 14.1. The van der Waals surface area contributed by atoms with Crippen molar-refractivity contribution in [3.05, 3.63) is 60.2 Å². The highest BCUT2D eigenvalue weighted by molar-refractivity contribution is 7.80. The molecule has 13 nitrogen and oxygen atoms in total. The van der Waals surface area contributed by atoms with Crippen LogP contribution >= 0.6 is 12.6 Å². The Labute approximate surface area is 229 Å². The van der Waals surface area contributed by atoms with E-state index in [1.165, 1.54) is 16.9 Å². The van der Waals surface area contributed by atoms with Gasteiger partial charge in [-0.3, -0.25) is 24.1 Å². The lowest BCUT2D eigenvalue weighted by molar-refractivity contribution is -0.141. The lowest BCUT2D eigenvalue weighted by Gasteiger charge is -2.31. The average Bonchev–Trinajstić information content (AvgIpc) is 3.45. The van der Waals surface area contributed by atoms with E-state index in [9.17, 15) is 19.2 Å². The van der Waals surface area contributed by atoms with Crippen LogP contribution in [0.15, 0.2) is 54.6 Å². The molecular weight excluding hydrogens is 524 g/mol. The van der Waals surface area contributed by atoms with Crippen molar-refractivity contribution in [2.24, 2.45) is 11.5 Å². The number of thiol groups is 1. The van der Waals surface area contributed by atoms with E-state index in [4.69, 9.17) is 16.6 Å². The number of tetrazole rings is 1. The second-order valence-corrected chi connectivity index (χ2v) is 8.89. The number of nitrogens with zero attached hydrogens (tertiary/aromatic N) is 5. The van der Waals surface area contributed by atoms with Crippen molar-refractivity contribution in [2.45, 2.75) is 31.3 Å². The third-order valence-corrected chi connectivity index (χ3v) is 6.11. The van der Waals surface area contributed by atoms with Crippen molar-refractivity contribution in [2.75, 3.05) is 18.8 Å². The van der Waals surface area contributed by atoms with Gasteiger partial charge in [0.2, 0.25) is 17.6 Å². The fourth-order valence-electron chi connectivity index (χ4n) is 3.69. The monoisotopic (exact) mass is 554 g/mol. The summed E-state index contributed by atoms with van der Waals surface area (Å²) in [5.74, 6) is -3.40. The van der Waals surface area contributed by atoms with Crippen molar-refractivity contribution in [3.63, 3.8) is 0 Å². The van der Waals surface area contributed by atoms with Gasteiger partial charge in [-0.1, -0.05) is 30.3 Å². The first-order valence-corrected chi connectivity index (χ1v) is 12.8. The number of carboxylic acids is 1. The van der Waals surface area contributed by atoms with Crippen LogP contribution < -0.4 is 16.8 Å². The van der Waals surface area contributed by atoms with E-state index in [1.807, 2.05) is 30.3 Å². The Morgan fingerprint density at radius 2 is 1.74 bits per heavy atom. The number of imide groups is 1. The molecule has 39 heavy (non-hydrogen) atoms. The fraction of sp³-hybridized carbons (Fsp3) is 0.320. The number of rotatable bonds is 13. The third-order valence-electron chi connectivity index (χ3n) is 5.72. The number of carbonyl (C=O) groups excluding carboxylic acids is 3. The molecule has 3 aromatic rings. The molecule has 0 aliphatic heterocycles. The van der Waals surface area contributed by atoms with Gasteiger partial charge >= 0.3 is 5.97 Å². The lowest BCUT2D eigenvalue weighted by Crippen LogP contribution is -2.57. The zero-order chi connectivity index (χ0) is 28.4. The predicted octanol–water partition coefficient (Wildman–Crippen LogP) is 0.254. The number of hydrogen-bond donors (Lipinski definition) is 5. The number of nitrogens with one attached hydrogen (secondary N) is 1. The van der Waals surface area contributed by atoms with E-state index in [0.29, 0.717) is 30.8 Å². The first kappa shape index (κ1) is 29.4. The number of aromatic nitrogens is 4. The number of nitrogens with two attached hydrogens (primary N) is 2. The molecule has 0 unspecified atom stereocenters. The molecule has 0 saturated carbocycles. The molecule has 0 saturated heterocycles. The number of hydrogen-bond acceptors (Lipinski definition) is 10. The molecule has 1 heterocycles. The Kier molecular flexibility index (Phi) is 10.7. The Morgan fingerprint density at radius 3 is 2.36 bits per heavy atom. The number of para-hydroxylation sites is 1. The highest BCUT2D eigenvalue weighted by Gasteiger charge is 2.37. The molecule has 1 aromatic heterocycles. The summed E-state index contributed by atoms with van der Waals surface area (Å²) in [5, 5.41) is 23.7. The highest BCUT2D eigenvalue weighted by Crippen LogP contribution is 2.20. The van der Waals surface area contributed by atoms with Crippen LogP contribution in [0, 0.1) is 0 Å². The first-order chi connectivity index (χ1) is 18.8. The van der Waals surface area contributed by atoms with Crippen molar-refractivity contribution < 1.29 is 24.3 Å². The number of amides is 3. The van der Waals surface area contributed by atoms with E-state index in [2.05, 4.69) is 33.4 Å². The predicted molar refractivity (Wildman–Crippen MR) is 145 cm³/mol. The summed E-state index contributed by atoms with van der Waals surface area (Å²) in [6, 6.07) is 12.9. The van der Waals surface area contributed by atoms with Gasteiger partial charge in [0.05, 0.1) is 11.7 Å².